The summed E-state index contributed by atoms with van der Waals surface area (Å²) in [5.41, 5.74) is 1.98. The lowest BCUT2D eigenvalue weighted by Crippen LogP contribution is -2.27. The van der Waals surface area contributed by atoms with Crippen molar-refractivity contribution in [3.63, 3.8) is 0 Å². The molecule has 0 saturated heterocycles. The minimum absolute atomic E-state index is 0.0114. The zero-order valence-corrected chi connectivity index (χ0v) is 18.8. The maximum absolute atomic E-state index is 13.0. The number of ketones is 1. The van der Waals surface area contributed by atoms with Gasteiger partial charge in [-0.05, 0) is 51.0 Å². The third-order valence-corrected chi connectivity index (χ3v) is 6.92. The predicted molar refractivity (Wildman–Crippen MR) is 119 cm³/mol. The number of fused-ring (bicyclic) bond motifs is 1. The second-order valence-electron chi connectivity index (χ2n) is 7.84. The molecule has 4 rings (SSSR count). The molecule has 0 spiro atoms. The Morgan fingerprint density at radius 1 is 1.16 bits per heavy atom. The molecule has 1 aliphatic rings. The summed E-state index contributed by atoms with van der Waals surface area (Å²) in [6.45, 7) is 3.28. The number of Topliss-reactive ketones (excluding diaryl/α,β-unsaturated/α-hetero) is 1. The number of aromatic amines is 1. The number of hydrogen-bond acceptors (Lipinski definition) is 6. The summed E-state index contributed by atoms with van der Waals surface area (Å²) in [5.74, 6) is -1.02. The number of aryl methyl sites for hydroxylation is 1. The first-order valence-electron chi connectivity index (χ1n) is 10.2. The van der Waals surface area contributed by atoms with Gasteiger partial charge in [0.05, 0.1) is 12.7 Å². The first-order valence-corrected chi connectivity index (χ1v) is 11.7. The van der Waals surface area contributed by atoms with Crippen LogP contribution in [0.15, 0.2) is 47.4 Å². The fourth-order valence-electron chi connectivity index (χ4n) is 3.58. The first-order chi connectivity index (χ1) is 15.2. The Hall–Kier alpha value is -3.17. The quantitative estimate of drug-likeness (QED) is 0.397. The summed E-state index contributed by atoms with van der Waals surface area (Å²) in [7, 11) is -2.50. The van der Waals surface area contributed by atoms with E-state index in [9.17, 15) is 18.0 Å². The average molecular weight is 457 g/mol. The minimum atomic E-state index is -3.86. The molecule has 1 unspecified atom stereocenters. The van der Waals surface area contributed by atoms with Gasteiger partial charge >= 0.3 is 5.97 Å². The van der Waals surface area contributed by atoms with Gasteiger partial charge < -0.3 is 14.5 Å². The second-order valence-corrected chi connectivity index (χ2v) is 9.53. The van der Waals surface area contributed by atoms with Gasteiger partial charge in [0.2, 0.25) is 15.8 Å². The van der Waals surface area contributed by atoms with Gasteiger partial charge in [0.15, 0.2) is 6.10 Å². The van der Waals surface area contributed by atoms with E-state index in [1.807, 2.05) is 24.3 Å². The summed E-state index contributed by atoms with van der Waals surface area (Å²) in [5, 5.41) is 0.752. The molecule has 3 aromatic rings. The van der Waals surface area contributed by atoms with Gasteiger partial charge in [-0.25, -0.2) is 17.9 Å². The molecule has 0 aliphatic heterocycles. The van der Waals surface area contributed by atoms with Crippen LogP contribution in [0.4, 0.5) is 0 Å². The van der Waals surface area contributed by atoms with Crippen LogP contribution in [0.3, 0.4) is 0 Å². The lowest BCUT2D eigenvalue weighted by molar-refractivity contribution is 0.0319. The van der Waals surface area contributed by atoms with Crippen molar-refractivity contribution in [1.29, 1.82) is 0 Å². The summed E-state index contributed by atoms with van der Waals surface area (Å²) in [6.07, 6.45) is 0.485. The molecule has 8 nitrogen and oxygen atoms in total. The molecule has 1 aliphatic carbocycles. The van der Waals surface area contributed by atoms with Crippen LogP contribution in [-0.4, -0.2) is 44.4 Å². The zero-order chi connectivity index (χ0) is 23.0. The fourth-order valence-corrected chi connectivity index (χ4v) is 5.08. The molecule has 2 aromatic carbocycles. The van der Waals surface area contributed by atoms with E-state index in [2.05, 4.69) is 9.71 Å². The number of methoxy groups -OCH3 is 1. The van der Waals surface area contributed by atoms with Crippen LogP contribution < -0.4 is 9.46 Å². The monoisotopic (exact) mass is 456 g/mol. The molecule has 32 heavy (non-hydrogen) atoms. The smallest absolute Gasteiger partial charge is 0.338 e. The van der Waals surface area contributed by atoms with Crippen molar-refractivity contribution in [2.75, 3.05) is 7.11 Å². The highest BCUT2D eigenvalue weighted by Crippen LogP contribution is 2.29. The lowest BCUT2D eigenvalue weighted by atomic mass is 10.0. The summed E-state index contributed by atoms with van der Waals surface area (Å²) in [4.78, 5) is 28.8. The number of para-hydroxylation sites is 1. The third-order valence-electron chi connectivity index (χ3n) is 5.38. The summed E-state index contributed by atoms with van der Waals surface area (Å²) >= 11 is 0. The first kappa shape index (κ1) is 22.0. The van der Waals surface area contributed by atoms with Gasteiger partial charge in [0, 0.05) is 28.2 Å². The molecule has 0 amide bonds. The van der Waals surface area contributed by atoms with Crippen molar-refractivity contribution < 1.29 is 27.5 Å². The van der Waals surface area contributed by atoms with Crippen molar-refractivity contribution in [3.05, 3.63) is 59.3 Å². The summed E-state index contributed by atoms with van der Waals surface area (Å²) in [6, 6.07) is 11.3. The number of carbonyl (C=O) groups excluding carboxylic acids is 2. The highest BCUT2D eigenvalue weighted by molar-refractivity contribution is 7.89. The number of sulfonamides is 1. The Morgan fingerprint density at radius 2 is 1.88 bits per heavy atom. The largest absolute Gasteiger partial charge is 0.495 e. The molecule has 1 atom stereocenters. The van der Waals surface area contributed by atoms with Crippen molar-refractivity contribution >= 4 is 32.7 Å². The number of carbonyl (C=O) groups is 2. The lowest BCUT2D eigenvalue weighted by Gasteiger charge is -2.15. The molecule has 1 saturated carbocycles. The number of ether oxygens (including phenoxy) is 2. The van der Waals surface area contributed by atoms with Crippen molar-refractivity contribution in [1.82, 2.24) is 9.71 Å². The molecule has 1 aromatic heterocycles. The van der Waals surface area contributed by atoms with E-state index in [1.165, 1.54) is 32.2 Å². The van der Waals surface area contributed by atoms with Crippen LogP contribution in [0.2, 0.25) is 0 Å². The molecule has 1 fully saturated rings. The third kappa shape index (κ3) is 4.26. The SMILES string of the molecule is COc1ccc(C(=O)OC(C)C(=O)c2c(C)[nH]c3ccccc23)cc1S(=O)(=O)NC1CC1. The van der Waals surface area contributed by atoms with Crippen molar-refractivity contribution in [3.8, 4) is 5.75 Å². The van der Waals surface area contributed by atoms with E-state index in [1.54, 1.807) is 6.92 Å². The van der Waals surface area contributed by atoms with Gasteiger partial charge in [-0.2, -0.15) is 0 Å². The maximum Gasteiger partial charge on any atom is 0.338 e. The number of aromatic nitrogens is 1. The number of H-pyrrole nitrogens is 1. The zero-order valence-electron chi connectivity index (χ0n) is 18.0. The molecule has 1 heterocycles. The minimum Gasteiger partial charge on any atom is -0.495 e. The predicted octanol–water partition coefficient (Wildman–Crippen LogP) is 3.35. The normalized spacial score (nSPS) is 14.8. The van der Waals surface area contributed by atoms with Gasteiger partial charge in [0.1, 0.15) is 10.6 Å². The molecular weight excluding hydrogens is 432 g/mol. The molecular formula is C23H24N2O6S. The second kappa shape index (κ2) is 8.40. The van der Waals surface area contributed by atoms with Crippen LogP contribution >= 0.6 is 0 Å². The highest BCUT2D eigenvalue weighted by atomic mass is 32.2. The van der Waals surface area contributed by atoms with Crippen LogP contribution in [0.25, 0.3) is 10.9 Å². The number of benzene rings is 2. The topological polar surface area (TPSA) is 115 Å². The van der Waals surface area contributed by atoms with Crippen LogP contribution in [0.5, 0.6) is 5.75 Å². The van der Waals surface area contributed by atoms with E-state index in [0.29, 0.717) is 11.3 Å². The van der Waals surface area contributed by atoms with Crippen LogP contribution in [0.1, 0.15) is 46.2 Å². The van der Waals surface area contributed by atoms with Crippen molar-refractivity contribution in [2.24, 2.45) is 0 Å². The molecule has 0 bridgehead atoms. The van der Waals surface area contributed by atoms with E-state index < -0.39 is 22.1 Å². The number of rotatable bonds is 8. The van der Waals surface area contributed by atoms with E-state index in [0.717, 1.165) is 23.7 Å². The Balaban J connectivity index is 1.57. The average Bonchev–Trinajstić information content (AvgIpc) is 3.50. The number of nitrogens with one attached hydrogen (secondary N) is 2. The van der Waals surface area contributed by atoms with E-state index in [-0.39, 0.29) is 28.0 Å². The molecule has 0 radical (unpaired) electrons. The Morgan fingerprint density at radius 3 is 2.56 bits per heavy atom. The molecule has 168 valence electrons. The van der Waals surface area contributed by atoms with Crippen LogP contribution in [-0.2, 0) is 14.8 Å². The summed E-state index contributed by atoms with van der Waals surface area (Å²) < 4.78 is 38.5. The van der Waals surface area contributed by atoms with Crippen molar-refractivity contribution in [2.45, 2.75) is 43.7 Å². The Bertz CT molecular complexity index is 1310. The molecule has 2 N–H and O–H groups in total. The maximum atomic E-state index is 13.0. The van der Waals surface area contributed by atoms with Gasteiger partial charge in [-0.1, -0.05) is 18.2 Å². The standard InChI is InChI=1S/C23H24N2O6S/c1-13-21(17-6-4-5-7-18(17)24-13)22(26)14(2)31-23(27)15-8-11-19(30-3)20(12-15)32(28,29)25-16-9-10-16/h4-8,11-12,14,16,24-25H,9-10H2,1-3H3. The number of hydrogen-bond donors (Lipinski definition) is 2. The van der Waals surface area contributed by atoms with Gasteiger partial charge in [0.25, 0.3) is 0 Å². The molecule has 9 heteroatoms. The fraction of sp³-hybridized carbons (Fsp3) is 0.304. The van der Waals surface area contributed by atoms with Gasteiger partial charge in [-0.3, -0.25) is 4.79 Å². The Kier molecular flexibility index (Phi) is 5.79. The Labute approximate surface area is 186 Å². The van der Waals surface area contributed by atoms with Crippen LogP contribution in [0, 0.1) is 6.92 Å². The van der Waals surface area contributed by atoms with E-state index >= 15 is 0 Å². The number of esters is 1. The van der Waals surface area contributed by atoms with E-state index in [4.69, 9.17) is 9.47 Å². The van der Waals surface area contributed by atoms with Gasteiger partial charge in [-0.15, -0.1) is 0 Å². The highest BCUT2D eigenvalue weighted by Gasteiger charge is 2.31.